The van der Waals surface area contributed by atoms with Crippen molar-refractivity contribution in [3.8, 4) is 0 Å². The van der Waals surface area contributed by atoms with E-state index in [2.05, 4.69) is 20.6 Å². The number of hydrogen-bond acceptors (Lipinski definition) is 5. The molecule has 2 aromatic rings. The second-order valence-electron chi connectivity index (χ2n) is 4.16. The quantitative estimate of drug-likeness (QED) is 0.912. The number of anilines is 1. The number of hydrogen-bond donors (Lipinski definition) is 1. The fraction of sp³-hybridized carbons (Fsp3) is 0.455. The van der Waals surface area contributed by atoms with E-state index in [0.717, 1.165) is 5.82 Å². The number of nitrogens with zero attached hydrogens (tertiary/aromatic N) is 5. The largest absolute Gasteiger partial charge is 0.373 e. The van der Waals surface area contributed by atoms with Crippen molar-refractivity contribution >= 4 is 17.3 Å². The molecule has 0 fully saturated rings. The highest BCUT2D eigenvalue weighted by Gasteiger charge is 2.15. The van der Waals surface area contributed by atoms with E-state index in [0.29, 0.717) is 12.2 Å². The first-order chi connectivity index (χ1) is 9.04. The van der Waals surface area contributed by atoms with E-state index in [-0.39, 0.29) is 16.6 Å². The van der Waals surface area contributed by atoms with Gasteiger partial charge in [0.25, 0.3) is 5.56 Å². The van der Waals surface area contributed by atoms with E-state index in [1.807, 2.05) is 20.9 Å². The van der Waals surface area contributed by atoms with Crippen LogP contribution in [0.4, 0.5) is 5.69 Å². The molecule has 7 nitrogen and oxygen atoms in total. The molecular weight excluding hydrogens is 268 g/mol. The fourth-order valence-electron chi connectivity index (χ4n) is 1.77. The average Bonchev–Trinajstić information content (AvgIpc) is 2.81. The third-order valence-electron chi connectivity index (χ3n) is 2.79. The van der Waals surface area contributed by atoms with Gasteiger partial charge >= 0.3 is 0 Å². The topological polar surface area (TPSA) is 77.6 Å². The van der Waals surface area contributed by atoms with Crippen LogP contribution in [0.1, 0.15) is 25.7 Å². The molecule has 1 N–H and O–H groups in total. The molecule has 8 heteroatoms. The average molecular weight is 283 g/mol. The maximum Gasteiger partial charge on any atom is 0.287 e. The van der Waals surface area contributed by atoms with Crippen LogP contribution in [0.5, 0.6) is 0 Å². The Balaban J connectivity index is 2.27. The van der Waals surface area contributed by atoms with Crippen LogP contribution < -0.4 is 10.9 Å². The molecule has 0 saturated carbocycles. The zero-order chi connectivity index (χ0) is 14.0. The summed E-state index contributed by atoms with van der Waals surface area (Å²) >= 11 is 6.04. The van der Waals surface area contributed by atoms with Crippen LogP contribution in [-0.2, 0) is 13.6 Å². The monoisotopic (exact) mass is 282 g/mol. The van der Waals surface area contributed by atoms with Crippen molar-refractivity contribution in [3.63, 3.8) is 0 Å². The lowest BCUT2D eigenvalue weighted by molar-refractivity contribution is 0.615. The molecule has 0 aliphatic carbocycles. The lowest BCUT2D eigenvalue weighted by atomic mass is 10.3. The summed E-state index contributed by atoms with van der Waals surface area (Å²) in [6.07, 6.45) is 3.16. The Bertz CT molecular complexity index is 634. The van der Waals surface area contributed by atoms with Gasteiger partial charge in [-0.2, -0.15) is 5.10 Å². The predicted molar refractivity (Wildman–Crippen MR) is 72.2 cm³/mol. The molecule has 19 heavy (non-hydrogen) atoms. The van der Waals surface area contributed by atoms with Gasteiger partial charge in [0.2, 0.25) is 0 Å². The molecular formula is C11H15ClN6O. The third-order valence-corrected chi connectivity index (χ3v) is 3.16. The van der Waals surface area contributed by atoms with Gasteiger partial charge in [0.15, 0.2) is 5.82 Å². The van der Waals surface area contributed by atoms with E-state index in [9.17, 15) is 4.79 Å². The summed E-state index contributed by atoms with van der Waals surface area (Å²) in [7, 11) is 1.85. The Labute approximate surface area is 115 Å². The minimum atomic E-state index is -0.306. The zero-order valence-electron chi connectivity index (χ0n) is 11.0. The second kappa shape index (κ2) is 5.40. The van der Waals surface area contributed by atoms with Gasteiger partial charge in [0, 0.05) is 13.6 Å². The SMILES string of the molecule is CCn1ncc(NC(C)c2nncn2C)c(Cl)c1=O. The van der Waals surface area contributed by atoms with Crippen LogP contribution in [0.3, 0.4) is 0 Å². The summed E-state index contributed by atoms with van der Waals surface area (Å²) in [6, 6.07) is -0.135. The Morgan fingerprint density at radius 1 is 1.53 bits per heavy atom. The van der Waals surface area contributed by atoms with Crippen LogP contribution in [0, 0.1) is 0 Å². The summed E-state index contributed by atoms with van der Waals surface area (Å²) in [4.78, 5) is 11.9. The number of rotatable bonds is 4. The Morgan fingerprint density at radius 3 is 2.84 bits per heavy atom. The molecule has 1 atom stereocenters. The van der Waals surface area contributed by atoms with E-state index in [1.165, 1.54) is 4.68 Å². The van der Waals surface area contributed by atoms with Gasteiger partial charge in [0.05, 0.1) is 17.9 Å². The molecule has 0 aliphatic rings. The van der Waals surface area contributed by atoms with Gasteiger partial charge in [-0.25, -0.2) is 4.68 Å². The highest BCUT2D eigenvalue weighted by molar-refractivity contribution is 6.32. The molecule has 2 rings (SSSR count). The summed E-state index contributed by atoms with van der Waals surface area (Å²) < 4.78 is 3.10. The second-order valence-corrected chi connectivity index (χ2v) is 4.54. The first-order valence-electron chi connectivity index (χ1n) is 5.90. The lowest BCUT2D eigenvalue weighted by Gasteiger charge is -2.15. The summed E-state index contributed by atoms with van der Waals surface area (Å²) in [5, 5.41) is 15.1. The molecule has 2 aromatic heterocycles. The minimum Gasteiger partial charge on any atom is -0.373 e. The summed E-state index contributed by atoms with van der Waals surface area (Å²) in [5.41, 5.74) is 0.186. The Hall–Kier alpha value is -1.89. The van der Waals surface area contributed by atoms with Crippen molar-refractivity contribution in [2.75, 3.05) is 5.32 Å². The lowest BCUT2D eigenvalue weighted by Crippen LogP contribution is -2.24. The van der Waals surface area contributed by atoms with E-state index in [1.54, 1.807) is 17.1 Å². The molecule has 2 heterocycles. The van der Waals surface area contributed by atoms with Crippen molar-refractivity contribution in [1.82, 2.24) is 24.5 Å². The van der Waals surface area contributed by atoms with Crippen molar-refractivity contribution in [3.05, 3.63) is 33.7 Å². The maximum atomic E-state index is 11.9. The van der Waals surface area contributed by atoms with Gasteiger partial charge in [0.1, 0.15) is 11.3 Å². The van der Waals surface area contributed by atoms with Gasteiger partial charge in [-0.15, -0.1) is 10.2 Å². The molecule has 0 saturated heterocycles. The minimum absolute atomic E-state index is 0.130. The van der Waals surface area contributed by atoms with Gasteiger partial charge in [-0.05, 0) is 13.8 Å². The van der Waals surface area contributed by atoms with Crippen molar-refractivity contribution in [2.24, 2.45) is 7.05 Å². The molecule has 0 aromatic carbocycles. The van der Waals surface area contributed by atoms with E-state index in [4.69, 9.17) is 11.6 Å². The van der Waals surface area contributed by atoms with Gasteiger partial charge in [-0.3, -0.25) is 4.79 Å². The highest BCUT2D eigenvalue weighted by Crippen LogP contribution is 2.21. The van der Waals surface area contributed by atoms with E-state index >= 15 is 0 Å². The molecule has 102 valence electrons. The first-order valence-corrected chi connectivity index (χ1v) is 6.28. The third kappa shape index (κ3) is 2.60. The molecule has 0 aliphatic heterocycles. The van der Waals surface area contributed by atoms with Crippen LogP contribution in [0.15, 0.2) is 17.3 Å². The first kappa shape index (κ1) is 13.5. The van der Waals surface area contributed by atoms with Crippen LogP contribution in [0.2, 0.25) is 5.02 Å². The fourth-order valence-corrected chi connectivity index (χ4v) is 1.97. The smallest absolute Gasteiger partial charge is 0.287 e. The summed E-state index contributed by atoms with van der Waals surface area (Å²) in [5.74, 6) is 0.746. The number of nitrogens with one attached hydrogen (secondary N) is 1. The van der Waals surface area contributed by atoms with Gasteiger partial charge in [-0.1, -0.05) is 11.6 Å². The number of halogens is 1. The maximum absolute atomic E-state index is 11.9. The van der Waals surface area contributed by atoms with E-state index < -0.39 is 0 Å². The van der Waals surface area contributed by atoms with Crippen LogP contribution in [-0.4, -0.2) is 24.5 Å². The molecule has 0 spiro atoms. The normalized spacial score (nSPS) is 12.4. The Kier molecular flexibility index (Phi) is 3.84. The number of aromatic nitrogens is 5. The van der Waals surface area contributed by atoms with Gasteiger partial charge < -0.3 is 9.88 Å². The van der Waals surface area contributed by atoms with Crippen molar-refractivity contribution in [1.29, 1.82) is 0 Å². The molecule has 0 amide bonds. The molecule has 0 radical (unpaired) electrons. The zero-order valence-corrected chi connectivity index (χ0v) is 11.7. The summed E-state index contributed by atoms with van der Waals surface area (Å²) in [6.45, 7) is 4.23. The standard InChI is InChI=1S/C11H15ClN6O/c1-4-18-11(19)9(12)8(5-14-18)15-7(2)10-16-13-6-17(10)3/h5-7,15H,4H2,1-3H3. The van der Waals surface area contributed by atoms with Crippen molar-refractivity contribution < 1.29 is 0 Å². The van der Waals surface area contributed by atoms with Crippen LogP contribution >= 0.6 is 11.6 Å². The highest BCUT2D eigenvalue weighted by atomic mass is 35.5. The molecule has 0 bridgehead atoms. The molecule has 1 unspecified atom stereocenters. The Morgan fingerprint density at radius 2 is 2.26 bits per heavy atom. The number of aryl methyl sites for hydroxylation is 2. The van der Waals surface area contributed by atoms with Crippen molar-refractivity contribution in [2.45, 2.75) is 26.4 Å². The van der Waals surface area contributed by atoms with Crippen LogP contribution in [0.25, 0.3) is 0 Å². The predicted octanol–water partition coefficient (Wildman–Crippen LogP) is 1.22.